The van der Waals surface area contributed by atoms with Crippen molar-refractivity contribution in [3.05, 3.63) is 66.2 Å². The summed E-state index contributed by atoms with van der Waals surface area (Å²) in [7, 11) is 0. The van der Waals surface area contributed by atoms with Crippen LogP contribution >= 0.6 is 0 Å². The molecule has 0 saturated heterocycles. The van der Waals surface area contributed by atoms with Crippen molar-refractivity contribution in [3.8, 4) is 22.6 Å². The van der Waals surface area contributed by atoms with Crippen LogP contribution in [-0.4, -0.2) is 31.0 Å². The summed E-state index contributed by atoms with van der Waals surface area (Å²) in [4.78, 5) is 28.0. The smallest absolute Gasteiger partial charge is 0.306 e. The van der Waals surface area contributed by atoms with Crippen LogP contribution in [0.1, 0.15) is 24.1 Å². The summed E-state index contributed by atoms with van der Waals surface area (Å²) in [5.74, 6) is -0.423. The highest BCUT2D eigenvalue weighted by Gasteiger charge is 2.34. The van der Waals surface area contributed by atoms with Gasteiger partial charge in [0, 0.05) is 22.8 Å². The molecule has 0 unspecified atom stereocenters. The first-order valence-corrected chi connectivity index (χ1v) is 10.2. The number of H-pyrrole nitrogens is 1. The molecule has 6 heteroatoms. The normalized spacial score (nSPS) is 18.3. The van der Waals surface area contributed by atoms with Crippen molar-refractivity contribution in [2.75, 3.05) is 0 Å². The Bertz CT molecular complexity index is 1240. The minimum atomic E-state index is -0.676. The van der Waals surface area contributed by atoms with Crippen molar-refractivity contribution in [1.29, 1.82) is 0 Å². The Morgan fingerprint density at radius 2 is 2.03 bits per heavy atom. The van der Waals surface area contributed by atoms with Crippen LogP contribution in [-0.2, 0) is 11.2 Å². The second-order valence-electron chi connectivity index (χ2n) is 8.12. The van der Waals surface area contributed by atoms with E-state index in [0.717, 1.165) is 64.1 Å². The van der Waals surface area contributed by atoms with E-state index in [2.05, 4.69) is 32.1 Å². The predicted molar refractivity (Wildman–Crippen MR) is 115 cm³/mol. The van der Waals surface area contributed by atoms with Crippen molar-refractivity contribution in [1.82, 2.24) is 19.9 Å². The average molecular weight is 398 g/mol. The maximum atomic E-state index is 11.0. The maximum absolute atomic E-state index is 11.0. The molecule has 5 rings (SSSR count). The number of aryl methyl sites for hydroxylation is 1. The Morgan fingerprint density at radius 3 is 2.83 bits per heavy atom. The topological polar surface area (TPSA) is 91.8 Å². The number of imidazole rings is 1. The van der Waals surface area contributed by atoms with Gasteiger partial charge in [-0.3, -0.25) is 14.8 Å². The lowest BCUT2D eigenvalue weighted by molar-refractivity contribution is -0.146. The van der Waals surface area contributed by atoms with Gasteiger partial charge in [0.15, 0.2) is 0 Å². The van der Waals surface area contributed by atoms with Crippen molar-refractivity contribution in [2.45, 2.75) is 26.2 Å². The molecule has 1 saturated carbocycles. The number of pyridine rings is 2. The third-order valence-electron chi connectivity index (χ3n) is 5.90. The Morgan fingerprint density at radius 1 is 1.17 bits per heavy atom. The number of benzene rings is 1. The van der Waals surface area contributed by atoms with Crippen LogP contribution in [0.25, 0.3) is 33.5 Å². The number of hydrogen-bond acceptors (Lipinski definition) is 4. The van der Waals surface area contributed by atoms with Crippen LogP contribution in [0.3, 0.4) is 0 Å². The van der Waals surface area contributed by atoms with Crippen LogP contribution in [0.15, 0.2) is 55.0 Å². The Hall–Kier alpha value is -3.54. The molecule has 0 spiro atoms. The molecule has 2 N–H and O–H groups in total. The third kappa shape index (κ3) is 3.45. The van der Waals surface area contributed by atoms with Gasteiger partial charge in [-0.15, -0.1) is 0 Å². The lowest BCUT2D eigenvalue weighted by Crippen LogP contribution is -2.31. The van der Waals surface area contributed by atoms with Gasteiger partial charge in [-0.25, -0.2) is 4.98 Å². The number of carboxylic acid groups (broad SMARTS) is 1. The number of rotatable bonds is 5. The van der Waals surface area contributed by atoms with Gasteiger partial charge in [-0.05, 0) is 68.0 Å². The molecule has 1 fully saturated rings. The van der Waals surface area contributed by atoms with Gasteiger partial charge < -0.3 is 10.1 Å². The van der Waals surface area contributed by atoms with Gasteiger partial charge in [0.1, 0.15) is 0 Å². The molecule has 150 valence electrons. The summed E-state index contributed by atoms with van der Waals surface area (Å²) in [5.41, 5.74) is 6.69. The molecule has 3 aromatic heterocycles. The Balaban J connectivity index is 1.44. The lowest BCUT2D eigenvalue weighted by atomic mass is 9.72. The number of aromatic amines is 1. The maximum Gasteiger partial charge on any atom is 0.306 e. The lowest BCUT2D eigenvalue weighted by Gasteiger charge is -2.32. The number of aliphatic carboxylic acids is 1. The molecule has 0 atom stereocenters. The Kier molecular flexibility index (Phi) is 4.54. The van der Waals surface area contributed by atoms with E-state index in [1.54, 1.807) is 6.33 Å². The number of nitrogens with zero attached hydrogens (tertiary/aromatic N) is 3. The fraction of sp³-hybridized carbons (Fsp3) is 0.250. The number of hydrogen-bond donors (Lipinski definition) is 2. The highest BCUT2D eigenvalue weighted by Crippen LogP contribution is 2.36. The zero-order valence-electron chi connectivity index (χ0n) is 16.7. The van der Waals surface area contributed by atoms with E-state index in [1.165, 1.54) is 0 Å². The van der Waals surface area contributed by atoms with Crippen molar-refractivity contribution in [3.63, 3.8) is 0 Å². The molecular weight excluding hydrogens is 376 g/mol. The van der Waals surface area contributed by atoms with E-state index in [4.69, 9.17) is 5.11 Å². The number of carbonyl (C=O) groups is 1. The summed E-state index contributed by atoms with van der Waals surface area (Å²) in [6, 6.07) is 14.3. The van der Waals surface area contributed by atoms with E-state index in [-0.39, 0.29) is 5.92 Å². The molecule has 1 aliphatic rings. The first kappa shape index (κ1) is 18.5. The summed E-state index contributed by atoms with van der Waals surface area (Å²) in [5, 5.41) is 10.1. The molecule has 6 nitrogen and oxygen atoms in total. The second kappa shape index (κ2) is 7.37. The monoisotopic (exact) mass is 398 g/mol. The molecule has 4 aromatic rings. The molecule has 0 aliphatic heterocycles. The summed E-state index contributed by atoms with van der Waals surface area (Å²) in [6.07, 6.45) is 5.99. The molecule has 30 heavy (non-hydrogen) atoms. The van der Waals surface area contributed by atoms with Crippen LogP contribution in [0.5, 0.6) is 0 Å². The number of nitrogens with one attached hydrogen (secondary N) is 1. The summed E-state index contributed by atoms with van der Waals surface area (Å²) < 4.78 is 0. The molecule has 0 bridgehead atoms. The van der Waals surface area contributed by atoms with E-state index in [9.17, 15) is 4.79 Å². The molecule has 3 heterocycles. The van der Waals surface area contributed by atoms with Gasteiger partial charge in [-0.1, -0.05) is 12.1 Å². The summed E-state index contributed by atoms with van der Waals surface area (Å²) >= 11 is 0. The van der Waals surface area contributed by atoms with Crippen molar-refractivity contribution < 1.29 is 9.90 Å². The SMILES string of the molecule is Cc1cccc(-c2[nH]cnc2-c2ccc3ncc(CC4CC(C(=O)O)C4)cc3c2)n1. The fourth-order valence-corrected chi connectivity index (χ4v) is 4.26. The highest BCUT2D eigenvalue weighted by molar-refractivity contribution is 5.87. The standard InChI is InChI=1S/C24H22N4O2/c1-14-3-2-4-21(28-14)23-22(26-13-27-23)17-5-6-20-18(11-17)10-16(12-25-20)7-15-8-19(9-15)24(29)30/h2-6,10-13,15,19H,7-9H2,1H3,(H,26,27)(H,29,30). The van der Waals surface area contributed by atoms with E-state index < -0.39 is 5.97 Å². The Labute approximate surface area is 174 Å². The minimum absolute atomic E-state index is 0.177. The van der Waals surface area contributed by atoms with E-state index in [0.29, 0.717) is 5.92 Å². The van der Waals surface area contributed by atoms with Crippen molar-refractivity contribution >= 4 is 16.9 Å². The fourth-order valence-electron chi connectivity index (χ4n) is 4.26. The molecule has 1 aromatic carbocycles. The van der Waals surface area contributed by atoms with Crippen molar-refractivity contribution in [2.24, 2.45) is 11.8 Å². The highest BCUT2D eigenvalue weighted by atomic mass is 16.4. The molecule has 0 radical (unpaired) electrons. The van der Waals surface area contributed by atoms with Gasteiger partial charge in [0.2, 0.25) is 0 Å². The molecular formula is C24H22N4O2. The summed E-state index contributed by atoms with van der Waals surface area (Å²) in [6.45, 7) is 1.98. The largest absolute Gasteiger partial charge is 0.481 e. The van der Waals surface area contributed by atoms with Crippen LogP contribution in [0.2, 0.25) is 0 Å². The first-order valence-electron chi connectivity index (χ1n) is 10.2. The minimum Gasteiger partial charge on any atom is -0.481 e. The zero-order valence-corrected chi connectivity index (χ0v) is 16.7. The van der Waals surface area contributed by atoms with Crippen LogP contribution in [0.4, 0.5) is 0 Å². The average Bonchev–Trinajstić information content (AvgIpc) is 3.19. The van der Waals surface area contributed by atoms with E-state index in [1.807, 2.05) is 43.5 Å². The number of aromatic nitrogens is 4. The number of carboxylic acids is 1. The van der Waals surface area contributed by atoms with Gasteiger partial charge in [-0.2, -0.15) is 0 Å². The zero-order chi connectivity index (χ0) is 20.7. The van der Waals surface area contributed by atoms with Crippen LogP contribution < -0.4 is 0 Å². The van der Waals surface area contributed by atoms with Gasteiger partial charge >= 0.3 is 5.97 Å². The number of fused-ring (bicyclic) bond motifs is 1. The van der Waals surface area contributed by atoms with Gasteiger partial charge in [0.25, 0.3) is 0 Å². The third-order valence-corrected chi connectivity index (χ3v) is 5.90. The second-order valence-corrected chi connectivity index (χ2v) is 8.12. The first-order chi connectivity index (χ1) is 14.6. The molecule has 1 aliphatic carbocycles. The van der Waals surface area contributed by atoms with Crippen LogP contribution in [0, 0.1) is 18.8 Å². The van der Waals surface area contributed by atoms with Gasteiger partial charge in [0.05, 0.1) is 34.8 Å². The van der Waals surface area contributed by atoms with E-state index >= 15 is 0 Å². The predicted octanol–water partition coefficient (Wildman–Crippen LogP) is 4.65. The quantitative estimate of drug-likeness (QED) is 0.511. The molecule has 0 amide bonds.